The van der Waals surface area contributed by atoms with Crippen LogP contribution >= 0.6 is 14.3 Å². The maximum Gasteiger partial charge on any atom is 0.328 e. The molecule has 17 nitrogen and oxygen atoms in total. The summed E-state index contributed by atoms with van der Waals surface area (Å²) in [4.78, 5) is 35.5. The monoisotopic (exact) mass is 783 g/mol. The van der Waals surface area contributed by atoms with Gasteiger partial charge in [-0.2, -0.15) is 0 Å². The molecule has 9 heterocycles. The Morgan fingerprint density at radius 3 is 2.35 bits per heavy atom. The van der Waals surface area contributed by atoms with Gasteiger partial charge in [0.15, 0.2) is 41.8 Å². The first-order valence-electron chi connectivity index (χ1n) is 16.5. The molecule has 10 atom stereocenters. The van der Waals surface area contributed by atoms with Crippen LogP contribution in [0.3, 0.4) is 0 Å². The highest BCUT2D eigenvalue weighted by Gasteiger charge is 2.54. The van der Waals surface area contributed by atoms with Gasteiger partial charge in [-0.15, -0.1) is 0 Å². The normalized spacial score (nSPS) is 36.6. The fourth-order valence-electron chi connectivity index (χ4n) is 6.81. The molecule has 0 saturated carbocycles. The third-order valence-corrected chi connectivity index (χ3v) is 12.1. The van der Waals surface area contributed by atoms with Gasteiger partial charge >= 0.3 is 14.3 Å². The molecule has 22 heteroatoms. The lowest BCUT2D eigenvalue weighted by Gasteiger charge is -2.36. The molecule has 5 aliphatic heterocycles. The van der Waals surface area contributed by atoms with E-state index in [0.29, 0.717) is 41.3 Å². The van der Waals surface area contributed by atoms with Crippen LogP contribution in [0.25, 0.3) is 22.2 Å². The van der Waals surface area contributed by atoms with Gasteiger partial charge in [-0.25, -0.2) is 33.7 Å². The predicted octanol–water partition coefficient (Wildman–Crippen LogP) is 4.19. The van der Waals surface area contributed by atoms with Crippen molar-refractivity contribution >= 4 is 60.0 Å². The molecule has 2 unspecified atom stereocenters. The number of rotatable bonds is 0. The summed E-state index contributed by atoms with van der Waals surface area (Å²) in [7, 11) is -4.08. The molecule has 280 valence electrons. The van der Waals surface area contributed by atoms with Gasteiger partial charge in [-0.05, 0) is 38.6 Å². The minimum atomic E-state index is -4.23. The van der Waals surface area contributed by atoms with E-state index in [1.54, 1.807) is 12.3 Å². The zero-order chi connectivity index (χ0) is 36.6. The summed E-state index contributed by atoms with van der Waals surface area (Å²) >= 11 is 5.29. The number of nitrogens with one attached hydrogen (secondary N) is 1. The van der Waals surface area contributed by atoms with Crippen LogP contribution in [-0.2, 0) is 43.9 Å². The second-order valence-electron chi connectivity index (χ2n) is 13.8. The molecule has 0 spiro atoms. The molecule has 0 radical (unpaired) electrons. The Morgan fingerprint density at radius 2 is 1.60 bits per heavy atom. The summed E-state index contributed by atoms with van der Waals surface area (Å²) in [6.07, 6.45) is -2.56. The predicted molar refractivity (Wildman–Crippen MR) is 187 cm³/mol. The Morgan fingerprint density at radius 1 is 0.923 bits per heavy atom. The molecule has 3 fully saturated rings. The van der Waals surface area contributed by atoms with E-state index < -0.39 is 82.3 Å². The van der Waals surface area contributed by atoms with Crippen molar-refractivity contribution in [1.82, 2.24) is 34.1 Å². The van der Waals surface area contributed by atoms with Gasteiger partial charge in [0, 0.05) is 31.5 Å². The Hall–Kier alpha value is -3.03. The van der Waals surface area contributed by atoms with E-state index in [9.17, 15) is 9.46 Å². The summed E-state index contributed by atoms with van der Waals surface area (Å²) in [5.74, 6) is 1.01. The summed E-state index contributed by atoms with van der Waals surface area (Å²) in [6.45, 7) is 2.76. The third-order valence-electron chi connectivity index (χ3n) is 9.28. The molecule has 4 aromatic rings. The Bertz CT molecular complexity index is 2120. The molecule has 0 aromatic carbocycles. The highest BCUT2D eigenvalue weighted by Crippen LogP contribution is 2.55. The van der Waals surface area contributed by atoms with Gasteiger partial charge in [0.05, 0.1) is 24.9 Å². The minimum Gasteiger partial charge on any atom is -0.366 e. The average Bonchev–Trinajstić information content (AvgIpc) is 3.84. The number of aromatic nitrogens is 7. The van der Waals surface area contributed by atoms with E-state index in [0.717, 1.165) is 0 Å². The molecule has 0 aliphatic carbocycles. The highest BCUT2D eigenvalue weighted by molar-refractivity contribution is 8.07. The molecule has 3 saturated heterocycles. The molecule has 0 amide bonds. The number of halogens is 2. The van der Waals surface area contributed by atoms with Gasteiger partial charge < -0.3 is 38.2 Å². The number of alkyl halides is 2. The van der Waals surface area contributed by atoms with Crippen molar-refractivity contribution in [3.8, 4) is 0 Å². The molecule has 9 rings (SSSR count). The number of fused-ring (bicyclic) bond motifs is 10. The van der Waals surface area contributed by atoms with Crippen molar-refractivity contribution in [3.63, 3.8) is 0 Å². The van der Waals surface area contributed by atoms with Crippen molar-refractivity contribution in [2.24, 2.45) is 0 Å². The fraction of sp³-hybridized carbons (Fsp3) is 0.567. The second-order valence-corrected chi connectivity index (χ2v) is 18.6. The minimum absolute atomic E-state index is 0.269. The topological polar surface area (TPSA) is 182 Å². The van der Waals surface area contributed by atoms with Crippen molar-refractivity contribution in [1.29, 1.82) is 0 Å². The molecule has 4 aromatic heterocycles. The van der Waals surface area contributed by atoms with Crippen LogP contribution in [0.1, 0.15) is 33.2 Å². The fourth-order valence-corrected chi connectivity index (χ4v) is 9.42. The van der Waals surface area contributed by atoms with Crippen LogP contribution in [0, 0.1) is 0 Å². The van der Waals surface area contributed by atoms with Crippen LogP contribution in [0.15, 0.2) is 43.4 Å². The number of hydrogen-bond acceptors (Lipinski definition) is 15. The van der Waals surface area contributed by atoms with Crippen LogP contribution in [-0.4, -0.2) is 114 Å². The second kappa shape index (κ2) is 13.4. The number of hydrogen-bond donors (Lipinski definition) is 2. The zero-order valence-electron chi connectivity index (χ0n) is 28.4. The first-order valence-corrected chi connectivity index (χ1v) is 21.1. The molecule has 2 N–H and O–H groups in total. The summed E-state index contributed by atoms with van der Waals surface area (Å²) < 4.78 is 84.6. The van der Waals surface area contributed by atoms with Crippen LogP contribution in [0.5, 0.6) is 0 Å². The molecule has 5 aliphatic rings. The van der Waals surface area contributed by atoms with E-state index >= 15 is 8.78 Å². The van der Waals surface area contributed by atoms with E-state index in [2.05, 4.69) is 30.2 Å². The maximum absolute atomic E-state index is 16.5. The van der Waals surface area contributed by atoms with Crippen LogP contribution in [0.2, 0.25) is 0 Å². The first-order chi connectivity index (χ1) is 24.7. The number of nitrogens with zero attached hydrogens (tertiary/aromatic N) is 8. The van der Waals surface area contributed by atoms with Gasteiger partial charge in [-0.1, -0.05) is 12.2 Å². The SMILES string of the molecule is CC(C)(C)N1C/C=C/CNc2ncnc3c2ccn3[C@@H]2O[C@@H]3COP(C)(=O)O[C@H]4[C@@H](F)[C@@H](O[C@@H]4COP(O)(=S)O[C@H]3[C@H]2F)n2cnc3c1ncnc32. The van der Waals surface area contributed by atoms with Crippen molar-refractivity contribution < 1.29 is 45.8 Å². The van der Waals surface area contributed by atoms with E-state index in [-0.39, 0.29) is 5.65 Å². The van der Waals surface area contributed by atoms with Gasteiger partial charge in [0.2, 0.25) is 0 Å². The van der Waals surface area contributed by atoms with Gasteiger partial charge in [-0.3, -0.25) is 18.2 Å². The lowest BCUT2D eigenvalue weighted by Crippen LogP contribution is -2.42. The Kier molecular flexibility index (Phi) is 9.25. The summed E-state index contributed by atoms with van der Waals surface area (Å²) in [5.41, 5.74) is 0.576. The Balaban J connectivity index is 1.24. The number of anilines is 2. The van der Waals surface area contributed by atoms with Gasteiger partial charge in [0.1, 0.15) is 48.5 Å². The van der Waals surface area contributed by atoms with Crippen molar-refractivity contribution in [3.05, 3.63) is 43.4 Å². The van der Waals surface area contributed by atoms with E-state index in [1.807, 2.05) is 37.8 Å². The van der Waals surface area contributed by atoms with Crippen LogP contribution in [0.4, 0.5) is 20.4 Å². The highest BCUT2D eigenvalue weighted by atomic mass is 32.5. The quantitative estimate of drug-likeness (QED) is 0.191. The lowest BCUT2D eigenvalue weighted by atomic mass is 10.1. The van der Waals surface area contributed by atoms with Gasteiger partial charge in [0.25, 0.3) is 0 Å². The number of imidazole rings is 1. The van der Waals surface area contributed by atoms with E-state index in [1.165, 1.54) is 34.8 Å². The van der Waals surface area contributed by atoms with Crippen LogP contribution < -0.4 is 10.2 Å². The van der Waals surface area contributed by atoms with Crippen molar-refractivity contribution in [2.75, 3.05) is 43.2 Å². The van der Waals surface area contributed by atoms with Crippen molar-refractivity contribution in [2.45, 2.75) is 75.5 Å². The lowest BCUT2D eigenvalue weighted by molar-refractivity contribution is -0.0573. The average molecular weight is 784 g/mol. The third kappa shape index (κ3) is 6.56. The zero-order valence-corrected chi connectivity index (χ0v) is 31.0. The standard InChI is InChI=1S/C30H37F2N9O8P2S/c1-30(2,3)41-9-6-5-8-33-24-16-7-10-39(25(16)35-13-34-24)28-20(32)23-17(46-28)11-44-50(4,42)48-22-18(12-45-51(43,52)49-23)47-29(19(22)31)40-15-38-21-26(40)36-14-37-27(21)41/h5-7,10,13-15,17-20,22-23,28-29H,8-9,11-12H2,1-4H3,(H,43,52)(H,33,34,35)/b6-5+/t17-,18-,19-,20-,22-,23-,28-,29-,50?,51?/m1/s1. The smallest absolute Gasteiger partial charge is 0.328 e. The largest absolute Gasteiger partial charge is 0.366 e. The molecule has 52 heavy (non-hydrogen) atoms. The molecular formula is C30H37F2N9O8P2S. The Labute approximate surface area is 301 Å². The maximum atomic E-state index is 16.5. The summed E-state index contributed by atoms with van der Waals surface area (Å²) in [6, 6.07) is 1.72. The number of ether oxygens (including phenoxy) is 2. The molecular weight excluding hydrogens is 746 g/mol. The first kappa shape index (κ1) is 36.0. The van der Waals surface area contributed by atoms with E-state index in [4.69, 9.17) is 39.4 Å². The molecule has 14 bridgehead atoms. The summed E-state index contributed by atoms with van der Waals surface area (Å²) in [5, 5.41) is 3.87.